The summed E-state index contributed by atoms with van der Waals surface area (Å²) in [6.07, 6.45) is 0.725. The van der Waals surface area contributed by atoms with E-state index in [2.05, 4.69) is 10.6 Å². The molecular formula is C18H19FN2O3. The number of amides is 2. The summed E-state index contributed by atoms with van der Waals surface area (Å²) >= 11 is 0. The molecule has 0 heterocycles. The first-order chi connectivity index (χ1) is 11.6. The van der Waals surface area contributed by atoms with Crippen LogP contribution in [0.4, 0.5) is 10.1 Å². The highest BCUT2D eigenvalue weighted by Gasteiger charge is 2.09. The number of anilines is 1. The van der Waals surface area contributed by atoms with E-state index in [0.717, 1.165) is 6.42 Å². The number of hydrogen-bond acceptors (Lipinski definition) is 3. The highest BCUT2D eigenvalue weighted by atomic mass is 19.1. The van der Waals surface area contributed by atoms with E-state index in [4.69, 9.17) is 4.74 Å². The lowest BCUT2D eigenvalue weighted by Crippen LogP contribution is -2.25. The van der Waals surface area contributed by atoms with Crippen molar-refractivity contribution in [2.45, 2.75) is 6.42 Å². The summed E-state index contributed by atoms with van der Waals surface area (Å²) in [4.78, 5) is 24.1. The van der Waals surface area contributed by atoms with Crippen LogP contribution in [0.2, 0.25) is 0 Å². The van der Waals surface area contributed by atoms with E-state index in [9.17, 15) is 14.0 Å². The predicted molar refractivity (Wildman–Crippen MR) is 89.6 cm³/mol. The fourth-order valence-corrected chi connectivity index (χ4v) is 2.06. The summed E-state index contributed by atoms with van der Waals surface area (Å²) in [6, 6.07) is 11.9. The van der Waals surface area contributed by atoms with Crippen LogP contribution in [-0.4, -0.2) is 32.1 Å². The third-order valence-corrected chi connectivity index (χ3v) is 3.30. The Morgan fingerprint density at radius 1 is 1.04 bits per heavy atom. The van der Waals surface area contributed by atoms with E-state index < -0.39 is 5.82 Å². The Morgan fingerprint density at radius 3 is 2.50 bits per heavy atom. The van der Waals surface area contributed by atoms with Gasteiger partial charge in [-0.2, -0.15) is 0 Å². The van der Waals surface area contributed by atoms with Gasteiger partial charge in [-0.1, -0.05) is 6.07 Å². The highest BCUT2D eigenvalue weighted by molar-refractivity contribution is 6.05. The van der Waals surface area contributed by atoms with Crippen LogP contribution in [0.1, 0.15) is 27.1 Å². The molecule has 24 heavy (non-hydrogen) atoms. The van der Waals surface area contributed by atoms with Gasteiger partial charge in [-0.05, 0) is 48.9 Å². The predicted octanol–water partition coefficient (Wildman–Crippen LogP) is 2.84. The van der Waals surface area contributed by atoms with Crippen LogP contribution in [0.25, 0.3) is 0 Å². The molecule has 0 unspecified atom stereocenters. The van der Waals surface area contributed by atoms with E-state index in [1.807, 2.05) is 0 Å². The molecule has 0 aliphatic carbocycles. The maximum atomic E-state index is 12.9. The number of hydrogen-bond donors (Lipinski definition) is 2. The minimum Gasteiger partial charge on any atom is -0.385 e. The van der Waals surface area contributed by atoms with E-state index in [-0.39, 0.29) is 11.8 Å². The molecule has 2 aromatic carbocycles. The largest absolute Gasteiger partial charge is 0.385 e. The lowest BCUT2D eigenvalue weighted by Gasteiger charge is -2.08. The van der Waals surface area contributed by atoms with E-state index >= 15 is 0 Å². The molecule has 6 heteroatoms. The molecule has 2 rings (SSSR count). The molecule has 0 spiro atoms. The van der Waals surface area contributed by atoms with Gasteiger partial charge in [0.1, 0.15) is 5.82 Å². The number of halogens is 1. The summed E-state index contributed by atoms with van der Waals surface area (Å²) in [6.45, 7) is 1.09. The van der Waals surface area contributed by atoms with Gasteiger partial charge >= 0.3 is 0 Å². The lowest BCUT2D eigenvalue weighted by atomic mass is 10.1. The summed E-state index contributed by atoms with van der Waals surface area (Å²) < 4.78 is 17.8. The number of nitrogens with one attached hydrogen (secondary N) is 2. The van der Waals surface area contributed by atoms with Gasteiger partial charge in [0.15, 0.2) is 0 Å². The van der Waals surface area contributed by atoms with Gasteiger partial charge in [-0.15, -0.1) is 0 Å². The first-order valence-corrected chi connectivity index (χ1v) is 7.54. The van der Waals surface area contributed by atoms with Crippen molar-refractivity contribution in [1.82, 2.24) is 5.32 Å². The third-order valence-electron chi connectivity index (χ3n) is 3.30. The summed E-state index contributed by atoms with van der Waals surface area (Å²) in [5.74, 6) is -0.990. The summed E-state index contributed by atoms with van der Waals surface area (Å²) in [5, 5.41) is 5.47. The van der Waals surface area contributed by atoms with Crippen molar-refractivity contribution in [3.8, 4) is 0 Å². The Labute approximate surface area is 139 Å². The van der Waals surface area contributed by atoms with Crippen LogP contribution in [-0.2, 0) is 4.74 Å². The van der Waals surface area contributed by atoms with Crippen molar-refractivity contribution >= 4 is 17.5 Å². The molecule has 2 N–H and O–H groups in total. The van der Waals surface area contributed by atoms with Gasteiger partial charge in [0, 0.05) is 37.1 Å². The monoisotopic (exact) mass is 330 g/mol. The van der Waals surface area contributed by atoms with Crippen LogP contribution in [0.5, 0.6) is 0 Å². The number of carbonyl (C=O) groups excluding carboxylic acids is 2. The zero-order valence-corrected chi connectivity index (χ0v) is 13.3. The van der Waals surface area contributed by atoms with Crippen molar-refractivity contribution in [3.05, 3.63) is 65.5 Å². The van der Waals surface area contributed by atoms with Crippen LogP contribution in [0, 0.1) is 5.82 Å². The Hall–Kier alpha value is -2.73. The molecule has 0 bridgehead atoms. The zero-order valence-electron chi connectivity index (χ0n) is 13.3. The topological polar surface area (TPSA) is 67.4 Å². The molecule has 2 amide bonds. The van der Waals surface area contributed by atoms with Crippen LogP contribution in [0.15, 0.2) is 48.5 Å². The van der Waals surface area contributed by atoms with Gasteiger partial charge in [0.05, 0.1) is 0 Å². The Morgan fingerprint density at radius 2 is 1.79 bits per heavy atom. The van der Waals surface area contributed by atoms with Gasteiger partial charge in [-0.25, -0.2) is 4.39 Å². The number of benzene rings is 2. The molecule has 0 aromatic heterocycles. The smallest absolute Gasteiger partial charge is 0.255 e. The van der Waals surface area contributed by atoms with E-state index in [0.29, 0.717) is 30.0 Å². The van der Waals surface area contributed by atoms with Gasteiger partial charge in [0.2, 0.25) is 0 Å². The molecule has 0 fully saturated rings. The average Bonchev–Trinajstić information content (AvgIpc) is 2.59. The van der Waals surface area contributed by atoms with Gasteiger partial charge in [0.25, 0.3) is 11.8 Å². The Balaban J connectivity index is 1.98. The second-order valence-corrected chi connectivity index (χ2v) is 5.14. The summed E-state index contributed by atoms with van der Waals surface area (Å²) in [7, 11) is 1.61. The molecule has 0 aliphatic rings. The van der Waals surface area contributed by atoms with Crippen molar-refractivity contribution in [2.24, 2.45) is 0 Å². The first kappa shape index (κ1) is 17.6. The fourth-order valence-electron chi connectivity index (χ4n) is 2.06. The van der Waals surface area contributed by atoms with Crippen molar-refractivity contribution in [2.75, 3.05) is 25.6 Å². The first-order valence-electron chi connectivity index (χ1n) is 7.54. The molecular weight excluding hydrogens is 311 g/mol. The molecule has 126 valence electrons. The third kappa shape index (κ3) is 5.17. The molecule has 0 aliphatic heterocycles. The lowest BCUT2D eigenvalue weighted by molar-refractivity contribution is 0.0947. The normalized spacial score (nSPS) is 10.2. The number of methoxy groups -OCH3 is 1. The number of ether oxygens (including phenoxy) is 1. The molecule has 0 saturated heterocycles. The van der Waals surface area contributed by atoms with Crippen LogP contribution < -0.4 is 10.6 Å². The zero-order chi connectivity index (χ0) is 17.4. The van der Waals surface area contributed by atoms with Crippen molar-refractivity contribution < 1.29 is 18.7 Å². The van der Waals surface area contributed by atoms with E-state index in [1.54, 1.807) is 31.4 Å². The quantitative estimate of drug-likeness (QED) is 0.767. The number of rotatable bonds is 7. The Kier molecular flexibility index (Phi) is 6.45. The molecule has 0 radical (unpaired) electrons. The minimum atomic E-state index is -0.404. The van der Waals surface area contributed by atoms with Crippen LogP contribution in [0.3, 0.4) is 0 Å². The molecule has 5 nitrogen and oxygen atoms in total. The second kappa shape index (κ2) is 8.79. The summed E-state index contributed by atoms with van der Waals surface area (Å²) in [5.41, 5.74) is 1.28. The SMILES string of the molecule is COCCCNC(=O)c1cccc(NC(=O)c2ccc(F)cc2)c1. The molecule has 0 atom stereocenters. The second-order valence-electron chi connectivity index (χ2n) is 5.14. The Bertz CT molecular complexity index is 702. The molecule has 2 aromatic rings. The van der Waals surface area contributed by atoms with Gasteiger partial charge < -0.3 is 15.4 Å². The number of carbonyl (C=O) groups is 2. The van der Waals surface area contributed by atoms with Crippen LogP contribution >= 0.6 is 0 Å². The standard InChI is InChI=1S/C18H19FN2O3/c1-24-11-3-10-20-17(22)14-4-2-5-16(12-14)21-18(23)13-6-8-15(19)9-7-13/h2,4-9,12H,3,10-11H2,1H3,(H,20,22)(H,21,23). The van der Waals surface area contributed by atoms with E-state index in [1.165, 1.54) is 24.3 Å². The minimum absolute atomic E-state index is 0.219. The van der Waals surface area contributed by atoms with Crippen molar-refractivity contribution in [1.29, 1.82) is 0 Å². The van der Waals surface area contributed by atoms with Gasteiger partial charge in [-0.3, -0.25) is 9.59 Å². The maximum Gasteiger partial charge on any atom is 0.255 e. The highest BCUT2D eigenvalue weighted by Crippen LogP contribution is 2.13. The fraction of sp³-hybridized carbons (Fsp3) is 0.222. The molecule has 0 saturated carbocycles. The maximum absolute atomic E-state index is 12.9. The average molecular weight is 330 g/mol. The van der Waals surface area contributed by atoms with Crippen molar-refractivity contribution in [3.63, 3.8) is 0 Å².